The first kappa shape index (κ1) is 18.5. The zero-order chi connectivity index (χ0) is 19.4. The average Bonchev–Trinajstić information content (AvgIpc) is 3.08. The molecule has 0 radical (unpaired) electrons. The van der Waals surface area contributed by atoms with E-state index < -0.39 is 11.8 Å². The number of amides is 2. The SMILES string of the molecule is COc1ccc(Br)c(C(=O)NNC(=O)c2nn(-c3ccccc3)cc2O)c1. The minimum atomic E-state index is -0.755. The van der Waals surface area contributed by atoms with Gasteiger partial charge in [-0.25, -0.2) is 4.68 Å². The quantitative estimate of drug-likeness (QED) is 0.551. The Balaban J connectivity index is 1.71. The summed E-state index contributed by atoms with van der Waals surface area (Å²) < 4.78 is 6.98. The first-order valence-corrected chi connectivity index (χ1v) is 8.57. The molecule has 3 aromatic rings. The molecule has 3 rings (SSSR count). The number of para-hydroxylation sites is 1. The zero-order valence-electron chi connectivity index (χ0n) is 14.1. The van der Waals surface area contributed by atoms with Gasteiger partial charge in [0.1, 0.15) is 5.75 Å². The number of aromatic nitrogens is 2. The summed E-state index contributed by atoms with van der Waals surface area (Å²) in [6.07, 6.45) is 1.31. The molecule has 0 aliphatic rings. The van der Waals surface area contributed by atoms with E-state index in [0.717, 1.165) is 0 Å². The molecule has 0 saturated carbocycles. The van der Waals surface area contributed by atoms with Gasteiger partial charge in [-0.1, -0.05) is 18.2 Å². The number of nitrogens with one attached hydrogen (secondary N) is 2. The van der Waals surface area contributed by atoms with E-state index in [9.17, 15) is 14.7 Å². The van der Waals surface area contributed by atoms with Crippen molar-refractivity contribution >= 4 is 27.7 Å². The van der Waals surface area contributed by atoms with E-state index in [1.54, 1.807) is 36.4 Å². The van der Waals surface area contributed by atoms with Gasteiger partial charge in [0.25, 0.3) is 11.8 Å². The normalized spacial score (nSPS) is 10.3. The molecule has 0 spiro atoms. The molecule has 0 aliphatic heterocycles. The van der Waals surface area contributed by atoms with Crippen LogP contribution in [-0.4, -0.2) is 33.8 Å². The van der Waals surface area contributed by atoms with Crippen molar-refractivity contribution in [1.29, 1.82) is 0 Å². The number of rotatable bonds is 4. The zero-order valence-corrected chi connectivity index (χ0v) is 15.7. The Bertz CT molecular complexity index is 988. The van der Waals surface area contributed by atoms with E-state index in [-0.39, 0.29) is 17.0 Å². The maximum absolute atomic E-state index is 12.3. The summed E-state index contributed by atoms with van der Waals surface area (Å²) in [6, 6.07) is 13.9. The van der Waals surface area contributed by atoms with Crippen molar-refractivity contribution in [1.82, 2.24) is 20.6 Å². The Kier molecular flexibility index (Phi) is 5.41. The third kappa shape index (κ3) is 4.09. The number of benzene rings is 2. The maximum atomic E-state index is 12.3. The number of aromatic hydroxyl groups is 1. The second-order valence-corrected chi connectivity index (χ2v) is 6.25. The maximum Gasteiger partial charge on any atom is 0.294 e. The molecule has 0 bridgehead atoms. The molecule has 0 fully saturated rings. The van der Waals surface area contributed by atoms with Crippen molar-refractivity contribution in [2.45, 2.75) is 0 Å². The van der Waals surface area contributed by atoms with E-state index in [4.69, 9.17) is 4.74 Å². The molecule has 0 unspecified atom stereocenters. The number of hydrogen-bond donors (Lipinski definition) is 3. The molecule has 0 saturated heterocycles. The van der Waals surface area contributed by atoms with Crippen LogP contribution in [-0.2, 0) is 0 Å². The van der Waals surface area contributed by atoms with Crippen molar-refractivity contribution in [3.8, 4) is 17.2 Å². The number of hydrazine groups is 1. The fourth-order valence-corrected chi connectivity index (χ4v) is 2.71. The highest BCUT2D eigenvalue weighted by molar-refractivity contribution is 9.10. The van der Waals surface area contributed by atoms with Crippen LogP contribution in [0.5, 0.6) is 11.5 Å². The topological polar surface area (TPSA) is 105 Å². The fraction of sp³-hybridized carbons (Fsp3) is 0.0556. The highest BCUT2D eigenvalue weighted by Gasteiger charge is 2.19. The minimum absolute atomic E-state index is 0.219. The van der Waals surface area contributed by atoms with Crippen molar-refractivity contribution in [2.75, 3.05) is 7.11 Å². The van der Waals surface area contributed by atoms with Gasteiger partial charge in [0.15, 0.2) is 11.4 Å². The van der Waals surface area contributed by atoms with Crippen molar-refractivity contribution in [3.05, 3.63) is 70.5 Å². The predicted octanol–water partition coefficient (Wildman–Crippen LogP) is 2.42. The highest BCUT2D eigenvalue weighted by Crippen LogP contribution is 2.22. The van der Waals surface area contributed by atoms with Gasteiger partial charge in [0.2, 0.25) is 0 Å². The third-order valence-corrected chi connectivity index (χ3v) is 4.33. The largest absolute Gasteiger partial charge is 0.504 e. The van der Waals surface area contributed by atoms with Gasteiger partial charge in [-0.15, -0.1) is 0 Å². The fourth-order valence-electron chi connectivity index (χ4n) is 2.28. The molecule has 3 N–H and O–H groups in total. The second kappa shape index (κ2) is 7.92. The summed E-state index contributed by atoms with van der Waals surface area (Å²) in [6.45, 7) is 0. The Morgan fingerprint density at radius 1 is 1.11 bits per heavy atom. The molecule has 0 atom stereocenters. The molecule has 1 heterocycles. The number of hydrogen-bond acceptors (Lipinski definition) is 5. The monoisotopic (exact) mass is 430 g/mol. The third-order valence-electron chi connectivity index (χ3n) is 3.64. The lowest BCUT2D eigenvalue weighted by atomic mass is 10.2. The van der Waals surface area contributed by atoms with E-state index in [1.165, 1.54) is 24.1 Å². The molecule has 27 heavy (non-hydrogen) atoms. The lowest BCUT2D eigenvalue weighted by Gasteiger charge is -2.09. The van der Waals surface area contributed by atoms with Crippen molar-refractivity contribution in [3.63, 3.8) is 0 Å². The van der Waals surface area contributed by atoms with Gasteiger partial charge in [-0.3, -0.25) is 20.4 Å². The minimum Gasteiger partial charge on any atom is -0.504 e. The average molecular weight is 431 g/mol. The first-order valence-electron chi connectivity index (χ1n) is 7.78. The molecule has 0 aliphatic carbocycles. The van der Waals surface area contributed by atoms with Crippen LogP contribution in [0.1, 0.15) is 20.8 Å². The Hall–Kier alpha value is -3.33. The lowest BCUT2D eigenvalue weighted by molar-refractivity contribution is 0.0841. The van der Waals surface area contributed by atoms with Crippen LogP contribution in [0.15, 0.2) is 59.2 Å². The van der Waals surface area contributed by atoms with Gasteiger partial charge in [-0.2, -0.15) is 5.10 Å². The Morgan fingerprint density at radius 2 is 1.81 bits per heavy atom. The Morgan fingerprint density at radius 3 is 2.52 bits per heavy atom. The molecule has 138 valence electrons. The number of halogens is 1. The van der Waals surface area contributed by atoms with Crippen LogP contribution in [0, 0.1) is 0 Å². The van der Waals surface area contributed by atoms with Crippen molar-refractivity contribution in [2.24, 2.45) is 0 Å². The van der Waals surface area contributed by atoms with Crippen LogP contribution >= 0.6 is 15.9 Å². The van der Waals surface area contributed by atoms with Gasteiger partial charge in [0, 0.05) is 4.47 Å². The van der Waals surface area contributed by atoms with Gasteiger partial charge >= 0.3 is 0 Å². The van der Waals surface area contributed by atoms with Crippen molar-refractivity contribution < 1.29 is 19.4 Å². The number of methoxy groups -OCH3 is 1. The molecular formula is C18H15BrN4O4. The van der Waals surface area contributed by atoms with Gasteiger partial charge in [0.05, 0.1) is 24.6 Å². The number of carbonyl (C=O) groups excluding carboxylic acids is 2. The van der Waals surface area contributed by atoms with Crippen LogP contribution < -0.4 is 15.6 Å². The van der Waals surface area contributed by atoms with Crippen LogP contribution in [0.4, 0.5) is 0 Å². The van der Waals surface area contributed by atoms with E-state index in [2.05, 4.69) is 31.9 Å². The van der Waals surface area contributed by atoms with Gasteiger partial charge < -0.3 is 9.84 Å². The van der Waals surface area contributed by atoms with Gasteiger partial charge in [-0.05, 0) is 46.3 Å². The summed E-state index contributed by atoms with van der Waals surface area (Å²) in [5.74, 6) is -1.13. The number of ether oxygens (including phenoxy) is 1. The number of nitrogens with zero attached hydrogens (tertiary/aromatic N) is 2. The van der Waals surface area contributed by atoms with E-state index >= 15 is 0 Å². The molecule has 8 nitrogen and oxygen atoms in total. The molecule has 1 aromatic heterocycles. The summed E-state index contributed by atoms with van der Waals surface area (Å²) in [4.78, 5) is 24.5. The number of carbonyl (C=O) groups is 2. The highest BCUT2D eigenvalue weighted by atomic mass is 79.9. The second-order valence-electron chi connectivity index (χ2n) is 5.40. The molecule has 2 aromatic carbocycles. The standard InChI is InChI=1S/C18H15BrN4O4/c1-27-12-7-8-14(19)13(9-12)17(25)20-21-18(26)16-15(24)10-23(22-16)11-5-3-2-4-6-11/h2-10,24H,1H3,(H,20,25)(H,21,26). The summed E-state index contributed by atoms with van der Waals surface area (Å²) >= 11 is 3.27. The van der Waals surface area contributed by atoms with E-state index in [0.29, 0.717) is 15.9 Å². The van der Waals surface area contributed by atoms with Crippen LogP contribution in [0.3, 0.4) is 0 Å². The van der Waals surface area contributed by atoms with Crippen LogP contribution in [0.25, 0.3) is 5.69 Å². The molecular weight excluding hydrogens is 416 g/mol. The van der Waals surface area contributed by atoms with E-state index in [1.807, 2.05) is 6.07 Å². The lowest BCUT2D eigenvalue weighted by Crippen LogP contribution is -2.42. The summed E-state index contributed by atoms with van der Waals surface area (Å²) in [5, 5.41) is 14.0. The van der Waals surface area contributed by atoms with Crippen LogP contribution in [0.2, 0.25) is 0 Å². The summed E-state index contributed by atoms with van der Waals surface area (Å²) in [5.41, 5.74) is 5.24. The molecule has 2 amide bonds. The summed E-state index contributed by atoms with van der Waals surface area (Å²) in [7, 11) is 1.48. The smallest absolute Gasteiger partial charge is 0.294 e. The molecule has 9 heteroatoms. The Labute approximate surface area is 162 Å². The first-order chi connectivity index (χ1) is 13.0. The predicted molar refractivity (Wildman–Crippen MR) is 101 cm³/mol.